The number of carboxylic acids is 1. The largest absolute Gasteiger partial charge is 0.481 e. The van der Waals surface area contributed by atoms with E-state index in [0.717, 1.165) is 12.8 Å². The van der Waals surface area contributed by atoms with Crippen LogP contribution in [0.3, 0.4) is 0 Å². The van der Waals surface area contributed by atoms with E-state index >= 15 is 0 Å². The molecular formula is C15H24O3. The summed E-state index contributed by atoms with van der Waals surface area (Å²) < 4.78 is 5.33. The minimum Gasteiger partial charge on any atom is -0.481 e. The first-order valence-corrected chi connectivity index (χ1v) is 6.61. The molecule has 102 valence electrons. The number of hydrogen-bond donors (Lipinski definition) is 1. The molecular weight excluding hydrogens is 228 g/mol. The molecule has 0 atom stereocenters. The van der Waals surface area contributed by atoms with E-state index in [1.165, 1.54) is 25.3 Å². The lowest BCUT2D eigenvalue weighted by Crippen LogP contribution is -1.92. The molecule has 0 aliphatic heterocycles. The molecule has 0 amide bonds. The molecule has 0 aromatic heterocycles. The summed E-state index contributed by atoms with van der Waals surface area (Å²) in [6.45, 7) is 3.39. The van der Waals surface area contributed by atoms with Gasteiger partial charge in [-0.25, -0.2) is 0 Å². The SMILES string of the molecule is CCCCC/C=C\CCOCC=C=CCC(=O)O. The van der Waals surface area contributed by atoms with Crippen LogP contribution in [0, 0.1) is 0 Å². The number of aliphatic carboxylic acids is 1. The van der Waals surface area contributed by atoms with Crippen molar-refractivity contribution in [2.24, 2.45) is 0 Å². The molecule has 0 spiro atoms. The molecule has 0 heterocycles. The standard InChI is InChI=1S/C15H24O3/c1-2-3-4-5-6-7-10-13-18-14-11-8-9-12-15(16)17/h6-7,9,11H,2-5,10,12-14H2,1H3,(H,16,17)/b7-6-. The van der Waals surface area contributed by atoms with Gasteiger partial charge >= 0.3 is 5.97 Å². The van der Waals surface area contributed by atoms with Crippen LogP contribution in [-0.2, 0) is 9.53 Å². The minimum atomic E-state index is -0.843. The summed E-state index contributed by atoms with van der Waals surface area (Å²) in [7, 11) is 0. The molecule has 0 rings (SSSR count). The van der Waals surface area contributed by atoms with Crippen molar-refractivity contribution in [1.82, 2.24) is 0 Å². The molecule has 0 aliphatic rings. The summed E-state index contributed by atoms with van der Waals surface area (Å²) >= 11 is 0. The van der Waals surface area contributed by atoms with Crippen molar-refractivity contribution in [1.29, 1.82) is 0 Å². The number of allylic oxidation sites excluding steroid dienone is 1. The first-order valence-electron chi connectivity index (χ1n) is 6.61. The highest BCUT2D eigenvalue weighted by Gasteiger charge is 1.87. The molecule has 18 heavy (non-hydrogen) atoms. The molecule has 0 unspecified atom stereocenters. The third kappa shape index (κ3) is 14.7. The normalized spacial score (nSPS) is 10.3. The molecule has 0 aliphatic carbocycles. The van der Waals surface area contributed by atoms with Gasteiger partial charge in [-0.1, -0.05) is 31.9 Å². The predicted molar refractivity (Wildman–Crippen MR) is 73.6 cm³/mol. The zero-order chi connectivity index (χ0) is 13.5. The summed E-state index contributed by atoms with van der Waals surface area (Å²) in [6.07, 6.45) is 13.5. The van der Waals surface area contributed by atoms with Gasteiger partial charge in [-0.2, -0.15) is 0 Å². The van der Waals surface area contributed by atoms with Gasteiger partial charge in [0, 0.05) is 0 Å². The van der Waals surface area contributed by atoms with E-state index in [1.54, 1.807) is 6.08 Å². The average molecular weight is 252 g/mol. The van der Waals surface area contributed by atoms with Crippen molar-refractivity contribution in [3.63, 3.8) is 0 Å². The van der Waals surface area contributed by atoms with Gasteiger partial charge in [0.2, 0.25) is 0 Å². The Bertz CT molecular complexity index is 286. The Labute approximate surface area is 110 Å². The second-order valence-electron chi connectivity index (χ2n) is 4.00. The summed E-state index contributed by atoms with van der Waals surface area (Å²) in [4.78, 5) is 10.2. The molecule has 0 aromatic carbocycles. The Morgan fingerprint density at radius 3 is 2.72 bits per heavy atom. The molecule has 3 nitrogen and oxygen atoms in total. The number of hydrogen-bond acceptors (Lipinski definition) is 2. The first kappa shape index (κ1) is 16.7. The van der Waals surface area contributed by atoms with E-state index in [1.807, 2.05) is 0 Å². The van der Waals surface area contributed by atoms with Crippen LogP contribution in [0.15, 0.2) is 30.0 Å². The second kappa shape index (κ2) is 13.8. The Hall–Kier alpha value is -1.31. The Balaban J connectivity index is 3.30. The maximum Gasteiger partial charge on any atom is 0.307 e. The monoisotopic (exact) mass is 252 g/mol. The summed E-state index contributed by atoms with van der Waals surface area (Å²) in [5, 5.41) is 8.37. The summed E-state index contributed by atoms with van der Waals surface area (Å²) in [5.41, 5.74) is 2.77. The van der Waals surface area contributed by atoms with Crippen LogP contribution < -0.4 is 0 Å². The quantitative estimate of drug-likeness (QED) is 0.346. The van der Waals surface area contributed by atoms with Gasteiger partial charge in [-0.15, -0.1) is 5.73 Å². The van der Waals surface area contributed by atoms with E-state index < -0.39 is 5.97 Å². The molecule has 0 saturated heterocycles. The predicted octanol–water partition coefficient (Wildman–Crippen LogP) is 3.72. The fourth-order valence-corrected chi connectivity index (χ4v) is 1.32. The zero-order valence-electron chi connectivity index (χ0n) is 11.2. The van der Waals surface area contributed by atoms with E-state index in [9.17, 15) is 4.79 Å². The highest BCUT2D eigenvalue weighted by atomic mass is 16.5. The maximum absolute atomic E-state index is 10.2. The van der Waals surface area contributed by atoms with Crippen molar-refractivity contribution in [3.8, 4) is 0 Å². The Morgan fingerprint density at radius 1 is 1.22 bits per heavy atom. The van der Waals surface area contributed by atoms with E-state index in [2.05, 4.69) is 24.8 Å². The first-order chi connectivity index (χ1) is 8.77. The zero-order valence-corrected chi connectivity index (χ0v) is 11.2. The highest BCUT2D eigenvalue weighted by molar-refractivity contribution is 5.68. The van der Waals surface area contributed by atoms with Gasteiger partial charge in [0.05, 0.1) is 19.6 Å². The Morgan fingerprint density at radius 2 is 2.00 bits per heavy atom. The van der Waals surface area contributed by atoms with Crippen molar-refractivity contribution in [2.45, 2.75) is 45.4 Å². The smallest absolute Gasteiger partial charge is 0.307 e. The molecule has 3 heteroatoms. The Kier molecular flexibility index (Phi) is 12.8. The molecule has 0 bridgehead atoms. The van der Waals surface area contributed by atoms with E-state index in [-0.39, 0.29) is 6.42 Å². The second-order valence-corrected chi connectivity index (χ2v) is 4.00. The number of ether oxygens (including phenoxy) is 1. The van der Waals surface area contributed by atoms with Crippen molar-refractivity contribution in [3.05, 3.63) is 30.0 Å². The molecule has 0 radical (unpaired) electrons. The van der Waals surface area contributed by atoms with Crippen molar-refractivity contribution >= 4 is 5.97 Å². The fraction of sp³-hybridized carbons (Fsp3) is 0.600. The van der Waals surface area contributed by atoms with Crippen molar-refractivity contribution < 1.29 is 14.6 Å². The van der Waals surface area contributed by atoms with Gasteiger partial charge in [0.25, 0.3) is 0 Å². The third-order valence-corrected chi connectivity index (χ3v) is 2.28. The molecule has 0 aromatic rings. The van der Waals surface area contributed by atoms with Crippen LogP contribution in [0.5, 0.6) is 0 Å². The molecule has 0 saturated carbocycles. The lowest BCUT2D eigenvalue weighted by Gasteiger charge is -1.96. The van der Waals surface area contributed by atoms with Gasteiger partial charge in [0.1, 0.15) is 0 Å². The average Bonchev–Trinajstić information content (AvgIpc) is 2.34. The lowest BCUT2D eigenvalue weighted by molar-refractivity contribution is -0.135. The number of rotatable bonds is 11. The van der Waals surface area contributed by atoms with Gasteiger partial charge < -0.3 is 9.84 Å². The third-order valence-electron chi connectivity index (χ3n) is 2.28. The van der Waals surface area contributed by atoms with Crippen LogP contribution in [0.4, 0.5) is 0 Å². The molecule has 1 N–H and O–H groups in total. The number of unbranched alkanes of at least 4 members (excludes halogenated alkanes) is 3. The fourth-order valence-electron chi connectivity index (χ4n) is 1.32. The molecule has 0 fully saturated rings. The lowest BCUT2D eigenvalue weighted by atomic mass is 10.2. The van der Waals surface area contributed by atoms with Gasteiger partial charge in [-0.3, -0.25) is 4.79 Å². The van der Waals surface area contributed by atoms with Crippen LogP contribution in [0.2, 0.25) is 0 Å². The van der Waals surface area contributed by atoms with Crippen LogP contribution in [-0.4, -0.2) is 24.3 Å². The highest BCUT2D eigenvalue weighted by Crippen LogP contribution is 2.00. The van der Waals surface area contributed by atoms with Crippen molar-refractivity contribution in [2.75, 3.05) is 13.2 Å². The minimum absolute atomic E-state index is 0.0109. The van der Waals surface area contributed by atoms with Crippen LogP contribution >= 0.6 is 0 Å². The number of carbonyl (C=O) groups is 1. The van der Waals surface area contributed by atoms with E-state index in [0.29, 0.717) is 13.2 Å². The van der Waals surface area contributed by atoms with Crippen LogP contribution in [0.25, 0.3) is 0 Å². The summed E-state index contributed by atoms with van der Waals surface area (Å²) in [6, 6.07) is 0. The number of carboxylic acid groups (broad SMARTS) is 1. The van der Waals surface area contributed by atoms with Crippen LogP contribution in [0.1, 0.15) is 45.4 Å². The van der Waals surface area contributed by atoms with Gasteiger partial charge in [-0.05, 0) is 31.4 Å². The topological polar surface area (TPSA) is 46.5 Å². The summed E-state index contributed by atoms with van der Waals surface area (Å²) in [5.74, 6) is -0.843. The van der Waals surface area contributed by atoms with Gasteiger partial charge in [0.15, 0.2) is 0 Å². The maximum atomic E-state index is 10.2. The van der Waals surface area contributed by atoms with E-state index in [4.69, 9.17) is 9.84 Å².